The van der Waals surface area contributed by atoms with E-state index in [-0.39, 0.29) is 5.95 Å². The number of aromatic nitrogens is 6. The molecule has 0 spiro atoms. The van der Waals surface area contributed by atoms with Gasteiger partial charge in [0, 0.05) is 36.8 Å². The molecule has 0 atom stereocenters. The minimum Gasteiger partial charge on any atom is -0.368 e. The number of nitrogens with zero attached hydrogens (tertiary/aromatic N) is 6. The second-order valence-corrected chi connectivity index (χ2v) is 7.07. The van der Waals surface area contributed by atoms with Crippen LogP contribution in [0.1, 0.15) is 37.3 Å². The van der Waals surface area contributed by atoms with E-state index >= 15 is 0 Å². The third kappa shape index (κ3) is 2.69. The van der Waals surface area contributed by atoms with Crippen LogP contribution in [-0.4, -0.2) is 49.3 Å². The molecule has 9 nitrogen and oxygen atoms in total. The maximum Gasteiger partial charge on any atom is 0.224 e. The first-order valence-electron chi connectivity index (χ1n) is 9.06. The summed E-state index contributed by atoms with van der Waals surface area (Å²) in [5.41, 5.74) is 7.57. The summed E-state index contributed by atoms with van der Waals surface area (Å²) >= 11 is 0. The van der Waals surface area contributed by atoms with E-state index in [9.17, 15) is 0 Å². The summed E-state index contributed by atoms with van der Waals surface area (Å²) in [6, 6.07) is 2.50. The lowest BCUT2D eigenvalue weighted by molar-refractivity contribution is 0.366. The van der Waals surface area contributed by atoms with Gasteiger partial charge in [-0.2, -0.15) is 15.1 Å². The standard InChI is InChI=1S/C17H21N9/c18-17-23-15(12-8-21-25-16(12)24-17)22-11-5-10(6-11)13-7-14(20-9-19-13)26-3-1-2-4-26/h7-11H,1-6H2,(H4,18,21,22,23,24,25). The lowest BCUT2D eigenvalue weighted by Gasteiger charge is -2.36. The molecule has 2 aliphatic rings. The van der Waals surface area contributed by atoms with Crippen LogP contribution in [-0.2, 0) is 0 Å². The van der Waals surface area contributed by atoms with E-state index in [0.717, 1.165) is 48.6 Å². The van der Waals surface area contributed by atoms with Crippen molar-refractivity contribution >= 4 is 28.6 Å². The van der Waals surface area contributed by atoms with Crippen molar-refractivity contribution in [3.8, 4) is 0 Å². The topological polar surface area (TPSA) is 122 Å². The smallest absolute Gasteiger partial charge is 0.224 e. The number of hydrogen-bond donors (Lipinski definition) is 3. The van der Waals surface area contributed by atoms with Crippen molar-refractivity contribution in [1.29, 1.82) is 0 Å². The molecule has 0 amide bonds. The van der Waals surface area contributed by atoms with E-state index < -0.39 is 0 Å². The lowest BCUT2D eigenvalue weighted by Crippen LogP contribution is -2.35. The van der Waals surface area contributed by atoms with Gasteiger partial charge in [0.25, 0.3) is 0 Å². The largest absolute Gasteiger partial charge is 0.368 e. The molecule has 0 bridgehead atoms. The Labute approximate surface area is 150 Å². The molecule has 3 aromatic heterocycles. The van der Waals surface area contributed by atoms with Crippen LogP contribution in [0.15, 0.2) is 18.6 Å². The highest BCUT2D eigenvalue weighted by Crippen LogP contribution is 2.38. The van der Waals surface area contributed by atoms with Crippen LogP contribution in [0.2, 0.25) is 0 Å². The quantitative estimate of drug-likeness (QED) is 0.649. The van der Waals surface area contributed by atoms with Gasteiger partial charge in [0.1, 0.15) is 18.0 Å². The zero-order valence-electron chi connectivity index (χ0n) is 14.4. The van der Waals surface area contributed by atoms with Crippen molar-refractivity contribution in [3.05, 3.63) is 24.3 Å². The molecule has 4 heterocycles. The minimum absolute atomic E-state index is 0.242. The molecular formula is C17H21N9. The van der Waals surface area contributed by atoms with Crippen LogP contribution in [0.5, 0.6) is 0 Å². The van der Waals surface area contributed by atoms with Crippen molar-refractivity contribution in [2.45, 2.75) is 37.6 Å². The van der Waals surface area contributed by atoms with Gasteiger partial charge >= 0.3 is 0 Å². The molecular weight excluding hydrogens is 330 g/mol. The maximum atomic E-state index is 5.78. The van der Waals surface area contributed by atoms with Gasteiger partial charge in [0.15, 0.2) is 5.65 Å². The van der Waals surface area contributed by atoms with Gasteiger partial charge in [-0.15, -0.1) is 0 Å². The van der Waals surface area contributed by atoms with Crippen LogP contribution in [0, 0.1) is 0 Å². The van der Waals surface area contributed by atoms with Gasteiger partial charge in [-0.3, -0.25) is 5.10 Å². The molecule has 1 saturated carbocycles. The first kappa shape index (κ1) is 15.3. The Bertz CT molecular complexity index is 925. The fourth-order valence-corrected chi connectivity index (χ4v) is 3.84. The summed E-state index contributed by atoms with van der Waals surface area (Å²) in [5, 5.41) is 11.2. The first-order chi connectivity index (χ1) is 12.8. The highest BCUT2D eigenvalue weighted by atomic mass is 15.2. The molecule has 4 N–H and O–H groups in total. The Balaban J connectivity index is 1.27. The van der Waals surface area contributed by atoms with E-state index in [0.29, 0.717) is 17.6 Å². The third-order valence-electron chi connectivity index (χ3n) is 5.33. The van der Waals surface area contributed by atoms with Crippen LogP contribution in [0.3, 0.4) is 0 Å². The number of anilines is 3. The van der Waals surface area contributed by atoms with Crippen LogP contribution < -0.4 is 16.0 Å². The number of rotatable bonds is 4. The maximum absolute atomic E-state index is 5.78. The molecule has 0 radical (unpaired) electrons. The molecule has 0 aromatic carbocycles. The summed E-state index contributed by atoms with van der Waals surface area (Å²) in [7, 11) is 0. The monoisotopic (exact) mass is 351 g/mol. The zero-order chi connectivity index (χ0) is 17.5. The number of fused-ring (bicyclic) bond motifs is 1. The molecule has 3 aromatic rings. The van der Waals surface area contributed by atoms with E-state index in [1.165, 1.54) is 12.8 Å². The Morgan fingerprint density at radius 1 is 1.15 bits per heavy atom. The van der Waals surface area contributed by atoms with Crippen molar-refractivity contribution in [2.24, 2.45) is 0 Å². The van der Waals surface area contributed by atoms with Crippen molar-refractivity contribution in [1.82, 2.24) is 30.1 Å². The molecule has 0 unspecified atom stereocenters. The lowest BCUT2D eigenvalue weighted by atomic mass is 9.78. The average molecular weight is 351 g/mol. The second kappa shape index (κ2) is 6.08. The van der Waals surface area contributed by atoms with E-state index in [4.69, 9.17) is 5.73 Å². The number of nitrogens with one attached hydrogen (secondary N) is 2. The van der Waals surface area contributed by atoms with Gasteiger partial charge in [-0.05, 0) is 25.7 Å². The summed E-state index contributed by atoms with van der Waals surface area (Å²) in [4.78, 5) is 19.8. The molecule has 1 aliphatic heterocycles. The highest BCUT2D eigenvalue weighted by molar-refractivity contribution is 5.86. The Morgan fingerprint density at radius 3 is 2.85 bits per heavy atom. The summed E-state index contributed by atoms with van der Waals surface area (Å²) in [6.45, 7) is 2.20. The molecule has 9 heteroatoms. The minimum atomic E-state index is 0.242. The van der Waals surface area contributed by atoms with E-state index in [1.54, 1.807) is 12.5 Å². The van der Waals surface area contributed by atoms with Gasteiger partial charge in [-0.25, -0.2) is 9.97 Å². The Hall–Kier alpha value is -2.97. The highest BCUT2D eigenvalue weighted by Gasteiger charge is 2.32. The molecule has 5 rings (SSSR count). The van der Waals surface area contributed by atoms with Crippen molar-refractivity contribution in [3.63, 3.8) is 0 Å². The van der Waals surface area contributed by atoms with Gasteiger partial charge in [0.2, 0.25) is 5.95 Å². The van der Waals surface area contributed by atoms with Crippen molar-refractivity contribution < 1.29 is 0 Å². The van der Waals surface area contributed by atoms with Crippen LogP contribution in [0.4, 0.5) is 17.6 Å². The summed E-state index contributed by atoms with van der Waals surface area (Å²) < 4.78 is 0. The molecule has 134 valence electrons. The molecule has 2 fully saturated rings. The Morgan fingerprint density at radius 2 is 2.00 bits per heavy atom. The van der Waals surface area contributed by atoms with E-state index in [1.807, 2.05) is 0 Å². The van der Waals surface area contributed by atoms with Gasteiger partial charge < -0.3 is 16.0 Å². The van der Waals surface area contributed by atoms with Crippen molar-refractivity contribution in [2.75, 3.05) is 29.0 Å². The molecule has 1 saturated heterocycles. The first-order valence-corrected chi connectivity index (χ1v) is 9.06. The van der Waals surface area contributed by atoms with Crippen LogP contribution >= 0.6 is 0 Å². The van der Waals surface area contributed by atoms with Gasteiger partial charge in [-0.1, -0.05) is 0 Å². The number of nitrogen functional groups attached to an aromatic ring is 1. The second-order valence-electron chi connectivity index (χ2n) is 7.07. The summed E-state index contributed by atoms with van der Waals surface area (Å²) in [5.74, 6) is 2.50. The van der Waals surface area contributed by atoms with Gasteiger partial charge in [0.05, 0.1) is 11.6 Å². The number of aromatic amines is 1. The summed E-state index contributed by atoms with van der Waals surface area (Å²) in [6.07, 6.45) is 7.95. The number of H-pyrrole nitrogens is 1. The predicted molar refractivity (Wildman–Crippen MR) is 99.0 cm³/mol. The Kier molecular flexibility index (Phi) is 3.58. The normalized spacial score (nSPS) is 22.5. The SMILES string of the molecule is Nc1nc(NC2CC(c3cc(N4CCCC4)ncn3)C2)c2cn[nH]c2n1. The number of hydrogen-bond acceptors (Lipinski definition) is 8. The van der Waals surface area contributed by atoms with E-state index in [2.05, 4.69) is 46.4 Å². The zero-order valence-corrected chi connectivity index (χ0v) is 14.4. The third-order valence-corrected chi connectivity index (χ3v) is 5.33. The fraction of sp³-hybridized carbons (Fsp3) is 0.471. The van der Waals surface area contributed by atoms with Crippen LogP contribution in [0.25, 0.3) is 11.0 Å². The average Bonchev–Trinajstić information content (AvgIpc) is 3.29. The molecule has 1 aliphatic carbocycles. The fourth-order valence-electron chi connectivity index (χ4n) is 3.84. The molecule has 26 heavy (non-hydrogen) atoms. The predicted octanol–water partition coefficient (Wildman–Crippen LogP) is 1.68. The number of nitrogens with two attached hydrogens (primary N) is 1.